The highest BCUT2D eigenvalue weighted by Gasteiger charge is 2.30. The Morgan fingerprint density at radius 2 is 1.97 bits per heavy atom. The number of nitrogens with one attached hydrogen (secondary N) is 2. The SMILES string of the molecule is Cc1[nH]ncc1-c1cnc2[nH]cc(-c3cnn(Cc4cccc(C(F)(F)F)c4)c3)c2n1. The molecule has 0 saturated carbocycles. The standard InChI is InChI=1S/C21H16F3N7/c1-12-16(8-27-30-12)18-9-26-20-19(29-18)17(7-25-20)14-6-28-31(11-14)10-13-3-2-4-15(5-13)21(22,23)24/h2-9,11H,10H2,1H3,(H,25,26)(H,27,30). The molecular weight excluding hydrogens is 407 g/mol. The summed E-state index contributed by atoms with van der Waals surface area (Å²) >= 11 is 0. The molecule has 2 N–H and O–H groups in total. The van der Waals surface area contributed by atoms with Gasteiger partial charge in [0.2, 0.25) is 0 Å². The summed E-state index contributed by atoms with van der Waals surface area (Å²) in [6.45, 7) is 2.13. The molecule has 1 aromatic carbocycles. The molecule has 5 rings (SSSR count). The van der Waals surface area contributed by atoms with Crippen molar-refractivity contribution in [2.45, 2.75) is 19.6 Å². The van der Waals surface area contributed by atoms with Crippen LogP contribution in [0.4, 0.5) is 13.2 Å². The van der Waals surface area contributed by atoms with Gasteiger partial charge in [0.25, 0.3) is 0 Å². The number of alkyl halides is 3. The molecule has 0 radical (unpaired) electrons. The molecule has 0 amide bonds. The number of rotatable bonds is 4. The molecule has 0 unspecified atom stereocenters. The number of hydrogen-bond donors (Lipinski definition) is 2. The van der Waals surface area contributed by atoms with Gasteiger partial charge in [0.15, 0.2) is 5.65 Å². The van der Waals surface area contributed by atoms with E-state index in [0.29, 0.717) is 22.4 Å². The lowest BCUT2D eigenvalue weighted by molar-refractivity contribution is -0.137. The summed E-state index contributed by atoms with van der Waals surface area (Å²) < 4.78 is 40.5. The Morgan fingerprint density at radius 3 is 2.74 bits per heavy atom. The van der Waals surface area contributed by atoms with Crippen molar-refractivity contribution in [1.29, 1.82) is 0 Å². The summed E-state index contributed by atoms with van der Waals surface area (Å²) in [6.07, 6.45) is 4.23. The number of aromatic amines is 2. The highest BCUT2D eigenvalue weighted by molar-refractivity contribution is 5.91. The molecule has 0 atom stereocenters. The number of fused-ring (bicyclic) bond motifs is 1. The first-order valence-electron chi connectivity index (χ1n) is 9.42. The van der Waals surface area contributed by atoms with Crippen LogP contribution in [0.25, 0.3) is 33.5 Å². The van der Waals surface area contributed by atoms with Crippen LogP contribution in [0.3, 0.4) is 0 Å². The fourth-order valence-electron chi connectivity index (χ4n) is 3.47. The van der Waals surface area contributed by atoms with Crippen molar-refractivity contribution in [3.8, 4) is 22.4 Å². The quantitative estimate of drug-likeness (QED) is 0.443. The minimum Gasteiger partial charge on any atom is -0.344 e. The minimum atomic E-state index is -4.38. The molecule has 0 aliphatic rings. The normalized spacial score (nSPS) is 12.0. The van der Waals surface area contributed by atoms with Gasteiger partial charge in [-0.3, -0.25) is 9.78 Å². The molecule has 0 aliphatic carbocycles. The Morgan fingerprint density at radius 1 is 1.10 bits per heavy atom. The van der Waals surface area contributed by atoms with Crippen molar-refractivity contribution >= 4 is 11.2 Å². The van der Waals surface area contributed by atoms with E-state index in [0.717, 1.165) is 34.5 Å². The van der Waals surface area contributed by atoms with E-state index in [1.807, 2.05) is 6.92 Å². The summed E-state index contributed by atoms with van der Waals surface area (Å²) in [5.41, 5.74) is 5.18. The van der Waals surface area contributed by atoms with Crippen molar-refractivity contribution in [2.24, 2.45) is 0 Å². The number of aryl methyl sites for hydroxylation is 1. The number of nitrogens with zero attached hydrogens (tertiary/aromatic N) is 5. The zero-order valence-corrected chi connectivity index (χ0v) is 16.3. The average Bonchev–Trinajstić information content (AvgIpc) is 3.46. The van der Waals surface area contributed by atoms with E-state index in [2.05, 4.69) is 25.3 Å². The van der Waals surface area contributed by atoms with Gasteiger partial charge in [0.1, 0.15) is 5.52 Å². The molecule has 10 heteroatoms. The molecule has 0 aliphatic heterocycles. The lowest BCUT2D eigenvalue weighted by Gasteiger charge is -2.08. The summed E-state index contributed by atoms with van der Waals surface area (Å²) in [6, 6.07) is 5.24. The Labute approximate surface area is 174 Å². The fourth-order valence-corrected chi connectivity index (χ4v) is 3.47. The molecule has 5 aromatic rings. The van der Waals surface area contributed by atoms with Gasteiger partial charge >= 0.3 is 6.18 Å². The van der Waals surface area contributed by atoms with Crippen LogP contribution < -0.4 is 0 Å². The van der Waals surface area contributed by atoms with Gasteiger partial charge in [0.05, 0.1) is 36.4 Å². The highest BCUT2D eigenvalue weighted by atomic mass is 19.4. The highest BCUT2D eigenvalue weighted by Crippen LogP contribution is 2.31. The number of aromatic nitrogens is 7. The average molecular weight is 423 g/mol. The van der Waals surface area contributed by atoms with Crippen molar-refractivity contribution in [3.05, 3.63) is 72.1 Å². The van der Waals surface area contributed by atoms with Gasteiger partial charge in [-0.1, -0.05) is 12.1 Å². The van der Waals surface area contributed by atoms with Crippen molar-refractivity contribution in [1.82, 2.24) is 34.9 Å². The molecule has 156 valence electrons. The van der Waals surface area contributed by atoms with Gasteiger partial charge in [-0.15, -0.1) is 0 Å². The Kier molecular flexibility index (Phi) is 4.35. The molecule has 4 heterocycles. The van der Waals surface area contributed by atoms with Crippen LogP contribution in [-0.4, -0.2) is 34.9 Å². The third-order valence-corrected chi connectivity index (χ3v) is 5.03. The summed E-state index contributed by atoms with van der Waals surface area (Å²) in [7, 11) is 0. The van der Waals surface area contributed by atoms with E-state index < -0.39 is 11.7 Å². The van der Waals surface area contributed by atoms with E-state index in [1.54, 1.807) is 41.7 Å². The molecule has 0 bridgehead atoms. The molecule has 0 saturated heterocycles. The van der Waals surface area contributed by atoms with Crippen molar-refractivity contribution < 1.29 is 13.2 Å². The predicted molar refractivity (Wildman–Crippen MR) is 108 cm³/mol. The summed E-state index contributed by atoms with van der Waals surface area (Å²) in [4.78, 5) is 12.3. The maximum absolute atomic E-state index is 13.0. The first-order chi connectivity index (χ1) is 14.9. The molecule has 0 fully saturated rings. The van der Waals surface area contributed by atoms with Crippen LogP contribution in [0.15, 0.2) is 55.2 Å². The van der Waals surface area contributed by atoms with Gasteiger partial charge in [-0.25, -0.2) is 9.97 Å². The van der Waals surface area contributed by atoms with E-state index in [1.165, 1.54) is 6.07 Å². The number of hydrogen-bond acceptors (Lipinski definition) is 4. The largest absolute Gasteiger partial charge is 0.416 e. The van der Waals surface area contributed by atoms with Crippen LogP contribution in [0.5, 0.6) is 0 Å². The molecule has 31 heavy (non-hydrogen) atoms. The number of benzene rings is 1. The van der Waals surface area contributed by atoms with Gasteiger partial charge in [-0.05, 0) is 24.6 Å². The monoisotopic (exact) mass is 423 g/mol. The second-order valence-electron chi connectivity index (χ2n) is 7.19. The van der Waals surface area contributed by atoms with Crippen LogP contribution in [0.2, 0.25) is 0 Å². The van der Waals surface area contributed by atoms with Crippen molar-refractivity contribution in [2.75, 3.05) is 0 Å². The molecule has 7 nitrogen and oxygen atoms in total. The number of H-pyrrole nitrogens is 2. The second kappa shape index (κ2) is 7.08. The van der Waals surface area contributed by atoms with Crippen molar-refractivity contribution in [3.63, 3.8) is 0 Å². The minimum absolute atomic E-state index is 0.220. The maximum Gasteiger partial charge on any atom is 0.416 e. The van der Waals surface area contributed by atoms with Crippen LogP contribution in [-0.2, 0) is 12.7 Å². The van der Waals surface area contributed by atoms with Crippen LogP contribution in [0.1, 0.15) is 16.8 Å². The zero-order valence-electron chi connectivity index (χ0n) is 16.3. The second-order valence-corrected chi connectivity index (χ2v) is 7.19. The van der Waals surface area contributed by atoms with Gasteiger partial charge < -0.3 is 4.98 Å². The van der Waals surface area contributed by atoms with E-state index in [9.17, 15) is 13.2 Å². The third kappa shape index (κ3) is 3.56. The Hall–Kier alpha value is -3.95. The van der Waals surface area contributed by atoms with Crippen LogP contribution >= 0.6 is 0 Å². The fraction of sp³-hybridized carbons (Fsp3) is 0.143. The van der Waals surface area contributed by atoms with E-state index in [4.69, 9.17) is 4.98 Å². The van der Waals surface area contributed by atoms with E-state index in [-0.39, 0.29) is 6.54 Å². The lowest BCUT2D eigenvalue weighted by atomic mass is 10.1. The first-order valence-corrected chi connectivity index (χ1v) is 9.42. The maximum atomic E-state index is 13.0. The third-order valence-electron chi connectivity index (χ3n) is 5.03. The number of halogens is 3. The van der Waals surface area contributed by atoms with Crippen LogP contribution in [0, 0.1) is 6.92 Å². The van der Waals surface area contributed by atoms with E-state index >= 15 is 0 Å². The van der Waals surface area contributed by atoms with Gasteiger partial charge in [-0.2, -0.15) is 23.4 Å². The topological polar surface area (TPSA) is 88.1 Å². The molecule has 4 aromatic heterocycles. The predicted octanol–water partition coefficient (Wildman–Crippen LogP) is 4.59. The molecular formula is C21H16F3N7. The van der Waals surface area contributed by atoms with Gasteiger partial charge in [0, 0.05) is 34.8 Å². The zero-order chi connectivity index (χ0) is 21.6. The molecule has 0 spiro atoms. The summed E-state index contributed by atoms with van der Waals surface area (Å²) in [5, 5.41) is 11.2. The summed E-state index contributed by atoms with van der Waals surface area (Å²) in [5.74, 6) is 0. The Bertz CT molecular complexity index is 1380. The Balaban J connectivity index is 1.47. The first kappa shape index (κ1) is 19.0. The lowest BCUT2D eigenvalue weighted by Crippen LogP contribution is -2.07. The smallest absolute Gasteiger partial charge is 0.344 e.